The van der Waals surface area contributed by atoms with Gasteiger partial charge in [-0.1, -0.05) is 72.1 Å². The van der Waals surface area contributed by atoms with Gasteiger partial charge in [-0.05, 0) is 38.9 Å². The lowest BCUT2D eigenvalue weighted by Gasteiger charge is -2.22. The summed E-state index contributed by atoms with van der Waals surface area (Å²) in [5, 5.41) is 0. The van der Waals surface area contributed by atoms with Gasteiger partial charge in [-0.15, -0.1) is 0 Å². The maximum Gasteiger partial charge on any atom is -0.00187 e. The molecule has 0 aliphatic rings. The summed E-state index contributed by atoms with van der Waals surface area (Å²) in [7, 11) is 0. The van der Waals surface area contributed by atoms with Gasteiger partial charge < -0.3 is 4.90 Å². The molecule has 0 rings (SSSR count). The van der Waals surface area contributed by atoms with E-state index in [4.69, 9.17) is 0 Å². The molecule has 0 N–H and O–H groups in total. The molecule has 0 saturated carbocycles. The molecular formula is C17H37N. The van der Waals surface area contributed by atoms with Crippen molar-refractivity contribution in [1.82, 2.24) is 4.90 Å². The molecule has 0 atom stereocenters. The minimum absolute atomic E-state index is 1.33. The van der Waals surface area contributed by atoms with Crippen LogP contribution in [0.5, 0.6) is 0 Å². The van der Waals surface area contributed by atoms with Crippen molar-refractivity contribution in [3.8, 4) is 0 Å². The van der Waals surface area contributed by atoms with Gasteiger partial charge in [0.1, 0.15) is 0 Å². The number of unbranched alkanes of at least 4 members (excludes halogenated alkanes) is 8. The molecule has 0 heterocycles. The molecule has 0 bridgehead atoms. The highest BCUT2D eigenvalue weighted by atomic mass is 15.1. The van der Waals surface area contributed by atoms with E-state index in [-0.39, 0.29) is 0 Å². The number of nitrogens with zero attached hydrogens (tertiary/aromatic N) is 1. The van der Waals surface area contributed by atoms with E-state index in [1.165, 1.54) is 90.3 Å². The molecule has 1 nitrogen and oxygen atoms in total. The van der Waals surface area contributed by atoms with E-state index in [9.17, 15) is 0 Å². The Morgan fingerprint density at radius 1 is 0.444 bits per heavy atom. The second-order valence-corrected chi connectivity index (χ2v) is 5.67. The average molecular weight is 255 g/mol. The van der Waals surface area contributed by atoms with Gasteiger partial charge in [-0.3, -0.25) is 0 Å². The second-order valence-electron chi connectivity index (χ2n) is 5.67. The van der Waals surface area contributed by atoms with Crippen molar-refractivity contribution >= 4 is 0 Å². The van der Waals surface area contributed by atoms with Gasteiger partial charge in [0.2, 0.25) is 0 Å². The van der Waals surface area contributed by atoms with Crippen LogP contribution in [-0.4, -0.2) is 24.5 Å². The van der Waals surface area contributed by atoms with Gasteiger partial charge >= 0.3 is 0 Å². The molecule has 0 aliphatic heterocycles. The third-order valence-electron chi connectivity index (χ3n) is 3.73. The van der Waals surface area contributed by atoms with E-state index in [2.05, 4.69) is 25.7 Å². The molecule has 1 heteroatoms. The number of hydrogen-bond donors (Lipinski definition) is 0. The van der Waals surface area contributed by atoms with Crippen LogP contribution in [0.15, 0.2) is 0 Å². The maximum atomic E-state index is 2.71. The molecule has 0 spiro atoms. The monoisotopic (exact) mass is 255 g/mol. The lowest BCUT2D eigenvalue weighted by atomic mass is 10.1. The Kier molecular flexibility index (Phi) is 15.0. The molecule has 18 heavy (non-hydrogen) atoms. The van der Waals surface area contributed by atoms with E-state index >= 15 is 0 Å². The molecule has 0 radical (unpaired) electrons. The largest absolute Gasteiger partial charge is 0.303 e. The minimum atomic E-state index is 1.33. The smallest absolute Gasteiger partial charge is 0.00187 e. The van der Waals surface area contributed by atoms with Crippen molar-refractivity contribution < 1.29 is 0 Å². The van der Waals surface area contributed by atoms with E-state index in [0.717, 1.165) is 0 Å². The SMILES string of the molecule is CCCCCCCCN(CCCC)CCCCC. The van der Waals surface area contributed by atoms with Gasteiger partial charge in [-0.25, -0.2) is 0 Å². The normalized spacial score (nSPS) is 11.3. The molecule has 0 amide bonds. The molecule has 110 valence electrons. The Morgan fingerprint density at radius 3 is 1.44 bits per heavy atom. The minimum Gasteiger partial charge on any atom is -0.303 e. The van der Waals surface area contributed by atoms with Crippen LogP contribution in [0.1, 0.15) is 91.4 Å². The van der Waals surface area contributed by atoms with Gasteiger partial charge in [0.25, 0.3) is 0 Å². The van der Waals surface area contributed by atoms with Gasteiger partial charge in [-0.2, -0.15) is 0 Å². The zero-order chi connectivity index (χ0) is 13.5. The highest BCUT2D eigenvalue weighted by Gasteiger charge is 2.03. The van der Waals surface area contributed by atoms with E-state index in [0.29, 0.717) is 0 Å². The van der Waals surface area contributed by atoms with Crippen LogP contribution < -0.4 is 0 Å². The topological polar surface area (TPSA) is 3.24 Å². The number of hydrogen-bond acceptors (Lipinski definition) is 1. The molecule has 0 aromatic heterocycles. The Labute approximate surface area is 116 Å². The van der Waals surface area contributed by atoms with Crippen LogP contribution in [-0.2, 0) is 0 Å². The lowest BCUT2D eigenvalue weighted by Crippen LogP contribution is -2.27. The van der Waals surface area contributed by atoms with E-state index in [1.54, 1.807) is 0 Å². The molecule has 0 aromatic rings. The summed E-state index contributed by atoms with van der Waals surface area (Å²) in [5.41, 5.74) is 0. The van der Waals surface area contributed by atoms with Crippen LogP contribution in [0.2, 0.25) is 0 Å². The third kappa shape index (κ3) is 12.4. The summed E-state index contributed by atoms with van der Waals surface area (Å²) < 4.78 is 0. The summed E-state index contributed by atoms with van der Waals surface area (Å²) in [4.78, 5) is 2.71. The Balaban J connectivity index is 3.51. The molecule has 0 saturated heterocycles. The van der Waals surface area contributed by atoms with Crippen molar-refractivity contribution in [1.29, 1.82) is 0 Å². The molecule has 0 fully saturated rings. The van der Waals surface area contributed by atoms with Crippen LogP contribution in [0.25, 0.3) is 0 Å². The van der Waals surface area contributed by atoms with E-state index in [1.807, 2.05) is 0 Å². The Bertz CT molecular complexity index is 145. The molecule has 0 unspecified atom stereocenters. The highest BCUT2D eigenvalue weighted by Crippen LogP contribution is 2.07. The van der Waals surface area contributed by atoms with Crippen LogP contribution in [0.4, 0.5) is 0 Å². The zero-order valence-electron chi connectivity index (χ0n) is 13.3. The molecule has 0 aromatic carbocycles. The quantitative estimate of drug-likeness (QED) is 0.363. The Morgan fingerprint density at radius 2 is 0.833 bits per heavy atom. The lowest BCUT2D eigenvalue weighted by molar-refractivity contribution is 0.257. The second kappa shape index (κ2) is 15.0. The summed E-state index contributed by atoms with van der Waals surface area (Å²) >= 11 is 0. The summed E-state index contributed by atoms with van der Waals surface area (Å²) in [5.74, 6) is 0. The summed E-state index contributed by atoms with van der Waals surface area (Å²) in [6.07, 6.45) is 15.4. The Hall–Kier alpha value is -0.0400. The fourth-order valence-electron chi connectivity index (χ4n) is 2.42. The van der Waals surface area contributed by atoms with Gasteiger partial charge in [0.05, 0.1) is 0 Å². The standard InChI is InChI=1S/C17H37N/c1-4-7-10-11-12-14-17-18(15-9-6-3)16-13-8-5-2/h4-17H2,1-3H3. The predicted octanol–water partition coefficient (Wildman–Crippen LogP) is 5.64. The first kappa shape index (κ1) is 18.0. The van der Waals surface area contributed by atoms with Crippen molar-refractivity contribution in [2.24, 2.45) is 0 Å². The van der Waals surface area contributed by atoms with Crippen LogP contribution >= 0.6 is 0 Å². The maximum absolute atomic E-state index is 2.71. The third-order valence-corrected chi connectivity index (χ3v) is 3.73. The fourth-order valence-corrected chi connectivity index (χ4v) is 2.42. The summed E-state index contributed by atoms with van der Waals surface area (Å²) in [6, 6.07) is 0. The van der Waals surface area contributed by atoms with Crippen molar-refractivity contribution in [3.63, 3.8) is 0 Å². The predicted molar refractivity (Wildman–Crippen MR) is 84.2 cm³/mol. The average Bonchev–Trinajstić information content (AvgIpc) is 2.39. The molecular weight excluding hydrogens is 218 g/mol. The van der Waals surface area contributed by atoms with Gasteiger partial charge in [0.15, 0.2) is 0 Å². The highest BCUT2D eigenvalue weighted by molar-refractivity contribution is 4.59. The van der Waals surface area contributed by atoms with Crippen LogP contribution in [0.3, 0.4) is 0 Å². The number of rotatable bonds is 14. The van der Waals surface area contributed by atoms with E-state index < -0.39 is 0 Å². The first-order chi connectivity index (χ1) is 8.85. The van der Waals surface area contributed by atoms with Gasteiger partial charge in [0, 0.05) is 0 Å². The van der Waals surface area contributed by atoms with Crippen molar-refractivity contribution in [3.05, 3.63) is 0 Å². The zero-order valence-corrected chi connectivity index (χ0v) is 13.3. The summed E-state index contributed by atoms with van der Waals surface area (Å²) in [6.45, 7) is 10.9. The van der Waals surface area contributed by atoms with Crippen molar-refractivity contribution in [2.75, 3.05) is 19.6 Å². The fraction of sp³-hybridized carbons (Fsp3) is 1.00. The van der Waals surface area contributed by atoms with Crippen LogP contribution in [0, 0.1) is 0 Å². The first-order valence-electron chi connectivity index (χ1n) is 8.57. The van der Waals surface area contributed by atoms with Crippen molar-refractivity contribution in [2.45, 2.75) is 91.4 Å². The molecule has 0 aliphatic carbocycles. The first-order valence-corrected chi connectivity index (χ1v) is 8.57.